The van der Waals surface area contributed by atoms with Gasteiger partial charge in [0, 0.05) is 6.04 Å². The first-order valence-corrected chi connectivity index (χ1v) is 18.1. The first-order valence-electron chi connectivity index (χ1n) is 18.1. The van der Waals surface area contributed by atoms with Crippen molar-refractivity contribution in [2.75, 3.05) is 39.3 Å². The van der Waals surface area contributed by atoms with E-state index in [9.17, 15) is 0 Å². The minimum atomic E-state index is 0.614. The van der Waals surface area contributed by atoms with Gasteiger partial charge in [0.15, 0.2) is 0 Å². The van der Waals surface area contributed by atoms with Gasteiger partial charge in [0.2, 0.25) is 0 Å². The molecule has 4 unspecified atom stereocenters. The maximum atomic E-state index is 5.55. The maximum Gasteiger partial charge on any atom is 0.00701 e. The molecule has 0 aromatic rings. The molecular weight excluding hydrogens is 488 g/mol. The molecule has 4 rings (SSSR count). The predicted octanol–water partition coefficient (Wildman–Crippen LogP) is 7.37. The molecule has 0 amide bonds. The zero-order valence-corrected chi connectivity index (χ0v) is 27.5. The topological polar surface area (TPSA) is 62.1 Å². The minimum absolute atomic E-state index is 0.614. The lowest BCUT2D eigenvalue weighted by Crippen LogP contribution is -2.55. The normalized spacial score (nSPS) is 38.2. The van der Waals surface area contributed by atoms with Crippen LogP contribution in [0.4, 0.5) is 0 Å². The van der Waals surface area contributed by atoms with Crippen molar-refractivity contribution < 1.29 is 0 Å². The zero-order valence-electron chi connectivity index (χ0n) is 27.5. The Morgan fingerprint density at radius 3 is 2.10 bits per heavy atom. The number of nitrogens with one attached hydrogen (secondary N) is 3. The van der Waals surface area contributed by atoms with Crippen molar-refractivity contribution in [2.45, 2.75) is 137 Å². The van der Waals surface area contributed by atoms with Crippen LogP contribution < -0.4 is 21.7 Å². The summed E-state index contributed by atoms with van der Waals surface area (Å²) in [7, 11) is 0. The van der Waals surface area contributed by atoms with Crippen molar-refractivity contribution in [2.24, 2.45) is 58.0 Å². The third-order valence-electron chi connectivity index (χ3n) is 13.1. The summed E-state index contributed by atoms with van der Waals surface area (Å²) in [6, 6.07) is 0.762. The van der Waals surface area contributed by atoms with Crippen LogP contribution in [0.15, 0.2) is 0 Å². The predicted molar refractivity (Wildman–Crippen MR) is 174 cm³/mol. The van der Waals surface area contributed by atoms with E-state index in [0.29, 0.717) is 10.8 Å². The average molecular weight is 559 g/mol. The molecule has 0 spiro atoms. The molecular formula is C36H70N4. The third-order valence-corrected chi connectivity index (χ3v) is 13.1. The highest BCUT2D eigenvalue weighted by atomic mass is 14.9. The minimum Gasteiger partial charge on any atom is -0.330 e. The molecule has 0 heterocycles. The number of nitrogens with two attached hydrogens (primary N) is 1. The zero-order chi connectivity index (χ0) is 28.6. The van der Waals surface area contributed by atoms with Crippen molar-refractivity contribution in [1.29, 1.82) is 0 Å². The van der Waals surface area contributed by atoms with Crippen LogP contribution >= 0.6 is 0 Å². The fourth-order valence-electron chi connectivity index (χ4n) is 10.8. The van der Waals surface area contributed by atoms with Gasteiger partial charge in [0.25, 0.3) is 0 Å². The van der Waals surface area contributed by atoms with Gasteiger partial charge in [-0.15, -0.1) is 0 Å². The van der Waals surface area contributed by atoms with Crippen molar-refractivity contribution in [1.82, 2.24) is 16.0 Å². The first-order chi connectivity index (χ1) is 19.3. The number of rotatable bonds is 17. The van der Waals surface area contributed by atoms with E-state index in [2.05, 4.69) is 50.6 Å². The number of fused-ring (bicyclic) bond motifs is 5. The first kappa shape index (κ1) is 32.7. The highest BCUT2D eigenvalue weighted by Crippen LogP contribution is 2.68. The van der Waals surface area contributed by atoms with Crippen LogP contribution in [0.1, 0.15) is 131 Å². The number of hydrogen-bond donors (Lipinski definition) is 4. The summed E-state index contributed by atoms with van der Waals surface area (Å²) >= 11 is 0. The van der Waals surface area contributed by atoms with E-state index in [-0.39, 0.29) is 0 Å². The van der Waals surface area contributed by atoms with Crippen molar-refractivity contribution in [3.63, 3.8) is 0 Å². The van der Waals surface area contributed by atoms with Crippen LogP contribution in [0.3, 0.4) is 0 Å². The molecule has 40 heavy (non-hydrogen) atoms. The second-order valence-corrected chi connectivity index (χ2v) is 16.0. The molecule has 4 nitrogen and oxygen atoms in total. The smallest absolute Gasteiger partial charge is 0.00701 e. The molecule has 4 saturated carbocycles. The lowest BCUT2D eigenvalue weighted by Gasteiger charge is -2.61. The van der Waals surface area contributed by atoms with Gasteiger partial charge in [-0.05, 0) is 169 Å². The summed E-state index contributed by atoms with van der Waals surface area (Å²) in [4.78, 5) is 0. The van der Waals surface area contributed by atoms with Gasteiger partial charge in [-0.2, -0.15) is 0 Å². The monoisotopic (exact) mass is 559 g/mol. The fraction of sp³-hybridized carbons (Fsp3) is 1.00. The van der Waals surface area contributed by atoms with Gasteiger partial charge in [-0.3, -0.25) is 0 Å². The number of hydrogen-bond acceptors (Lipinski definition) is 4. The van der Waals surface area contributed by atoms with Crippen LogP contribution in [0.5, 0.6) is 0 Å². The van der Waals surface area contributed by atoms with E-state index >= 15 is 0 Å². The van der Waals surface area contributed by atoms with Gasteiger partial charge in [-0.25, -0.2) is 0 Å². The molecule has 4 aliphatic rings. The maximum absolute atomic E-state index is 5.55. The summed E-state index contributed by atoms with van der Waals surface area (Å²) in [6.07, 6.45) is 21.4. The van der Waals surface area contributed by atoms with E-state index in [4.69, 9.17) is 5.73 Å². The third kappa shape index (κ3) is 7.86. The van der Waals surface area contributed by atoms with Crippen LogP contribution in [-0.2, 0) is 0 Å². The van der Waals surface area contributed by atoms with Gasteiger partial charge in [0.1, 0.15) is 0 Å². The summed E-state index contributed by atoms with van der Waals surface area (Å²) in [5.74, 6) is 6.80. The second kappa shape index (κ2) is 15.5. The molecule has 0 aromatic carbocycles. The summed E-state index contributed by atoms with van der Waals surface area (Å²) in [5, 5.41) is 11.1. The van der Waals surface area contributed by atoms with E-state index in [0.717, 1.165) is 86.6 Å². The van der Waals surface area contributed by atoms with E-state index in [1.54, 1.807) is 6.42 Å². The van der Waals surface area contributed by atoms with Crippen molar-refractivity contribution >= 4 is 0 Å². The molecule has 0 bridgehead atoms. The summed E-state index contributed by atoms with van der Waals surface area (Å²) in [5.41, 5.74) is 6.80. The molecule has 0 saturated heterocycles. The standard InChI is InChI=1S/C36H70N4/c1-27(2)10-6-11-28(3)32-14-15-33-31-13-12-29-26-30(16-18-35(29,4)34(31)17-19-36(32,33)5)40-25-9-24-39-23-8-22-38-21-7-20-37/h27-34,38-40H,6-26,37H2,1-5H3/t28-,29?,30+,31?,32-,33?,34?,35+,36-/m1/s1. The average Bonchev–Trinajstić information content (AvgIpc) is 3.29. The molecule has 5 N–H and O–H groups in total. The molecule has 4 heteroatoms. The molecule has 4 fully saturated rings. The van der Waals surface area contributed by atoms with Gasteiger partial charge in [0.05, 0.1) is 0 Å². The Kier molecular flexibility index (Phi) is 12.7. The largest absolute Gasteiger partial charge is 0.330 e. The Hall–Kier alpha value is -0.160. The summed E-state index contributed by atoms with van der Waals surface area (Å²) in [6.45, 7) is 19.3. The fourth-order valence-corrected chi connectivity index (χ4v) is 10.8. The van der Waals surface area contributed by atoms with E-state index in [1.165, 1.54) is 90.0 Å². The van der Waals surface area contributed by atoms with Gasteiger partial charge in [-0.1, -0.05) is 53.9 Å². The second-order valence-electron chi connectivity index (χ2n) is 16.0. The molecule has 0 radical (unpaired) electrons. The Balaban J connectivity index is 1.18. The molecule has 4 aliphatic carbocycles. The Morgan fingerprint density at radius 1 is 0.700 bits per heavy atom. The SMILES string of the molecule is CC(C)CCC[C@@H](C)[C@H]1CCC2C3CCC4C[C@@H](NCCCNCCCNCCCN)CC[C@]4(C)C3CC[C@@]21C. The molecule has 9 atom stereocenters. The Bertz CT molecular complexity index is 726. The van der Waals surface area contributed by atoms with Gasteiger partial charge >= 0.3 is 0 Å². The molecule has 0 aromatic heterocycles. The van der Waals surface area contributed by atoms with Crippen molar-refractivity contribution in [3.8, 4) is 0 Å². The van der Waals surface area contributed by atoms with Crippen LogP contribution in [0, 0.1) is 52.3 Å². The van der Waals surface area contributed by atoms with Crippen LogP contribution in [0.2, 0.25) is 0 Å². The lowest BCUT2D eigenvalue weighted by molar-refractivity contribution is -0.118. The summed E-state index contributed by atoms with van der Waals surface area (Å²) < 4.78 is 0. The van der Waals surface area contributed by atoms with E-state index < -0.39 is 0 Å². The quantitative estimate of drug-likeness (QED) is 0.141. The molecule has 234 valence electrons. The Morgan fingerprint density at radius 2 is 1.38 bits per heavy atom. The van der Waals surface area contributed by atoms with E-state index in [1.807, 2.05) is 0 Å². The van der Waals surface area contributed by atoms with Crippen LogP contribution in [0.25, 0.3) is 0 Å². The Labute approximate surface area is 249 Å². The van der Waals surface area contributed by atoms with Gasteiger partial charge < -0.3 is 21.7 Å². The lowest BCUT2D eigenvalue weighted by atomic mass is 9.44. The van der Waals surface area contributed by atoms with Crippen molar-refractivity contribution in [3.05, 3.63) is 0 Å². The molecule has 0 aliphatic heterocycles. The highest BCUT2D eigenvalue weighted by Gasteiger charge is 2.60. The van der Waals surface area contributed by atoms with Crippen LogP contribution in [-0.4, -0.2) is 45.3 Å². The highest BCUT2D eigenvalue weighted by molar-refractivity contribution is 5.10.